The highest BCUT2D eigenvalue weighted by Crippen LogP contribution is 2.30. The van der Waals surface area contributed by atoms with Gasteiger partial charge >= 0.3 is 0 Å². The smallest absolute Gasteiger partial charge is 0.267 e. The van der Waals surface area contributed by atoms with Crippen molar-refractivity contribution in [3.05, 3.63) is 64.7 Å². The summed E-state index contributed by atoms with van der Waals surface area (Å²) in [5.41, 5.74) is 0.910. The highest BCUT2D eigenvalue weighted by Gasteiger charge is 2.31. The van der Waals surface area contributed by atoms with Gasteiger partial charge in [0, 0.05) is 25.0 Å². The van der Waals surface area contributed by atoms with Crippen LogP contribution in [-0.4, -0.2) is 52.0 Å². The lowest BCUT2D eigenvalue weighted by Crippen LogP contribution is -2.41. The predicted octanol–water partition coefficient (Wildman–Crippen LogP) is 0.930. The lowest BCUT2D eigenvalue weighted by Gasteiger charge is -2.22. The number of nitrogens with one attached hydrogen (secondary N) is 1. The zero-order valence-electron chi connectivity index (χ0n) is 15.7. The van der Waals surface area contributed by atoms with E-state index < -0.39 is 0 Å². The third-order valence-corrected chi connectivity index (χ3v) is 5.09. The molecule has 0 aliphatic carbocycles. The van der Waals surface area contributed by atoms with E-state index in [1.54, 1.807) is 23.1 Å². The molecule has 2 aliphatic rings. The van der Waals surface area contributed by atoms with Crippen molar-refractivity contribution in [1.82, 2.24) is 24.9 Å². The minimum absolute atomic E-state index is 0.0405. The molecular weight excluding hydrogens is 374 g/mol. The summed E-state index contributed by atoms with van der Waals surface area (Å²) >= 11 is 0. The topological polar surface area (TPSA) is 92.4 Å². The largest absolute Gasteiger partial charge is 0.486 e. The molecule has 1 aromatic carbocycles. The Morgan fingerprint density at radius 1 is 1.10 bits per heavy atom. The molecule has 150 valence electrons. The number of rotatable bonds is 5. The van der Waals surface area contributed by atoms with Crippen molar-refractivity contribution >= 4 is 0 Å². The Morgan fingerprint density at radius 3 is 2.86 bits per heavy atom. The van der Waals surface area contributed by atoms with E-state index in [-0.39, 0.29) is 17.6 Å². The third-order valence-electron chi connectivity index (χ3n) is 5.09. The summed E-state index contributed by atoms with van der Waals surface area (Å²) in [6, 6.07) is 10.7. The lowest BCUT2D eigenvalue weighted by molar-refractivity contribution is 0.171. The van der Waals surface area contributed by atoms with Gasteiger partial charge in [-0.3, -0.25) is 4.79 Å². The summed E-state index contributed by atoms with van der Waals surface area (Å²) in [7, 11) is 0. The van der Waals surface area contributed by atoms with Gasteiger partial charge in [0.2, 0.25) is 0 Å². The molecule has 29 heavy (non-hydrogen) atoms. The summed E-state index contributed by atoms with van der Waals surface area (Å²) in [6.07, 6.45) is 3.47. The average Bonchev–Trinajstić information content (AvgIpc) is 3.45. The van der Waals surface area contributed by atoms with Gasteiger partial charge in [-0.05, 0) is 29.8 Å². The molecule has 0 bridgehead atoms. The van der Waals surface area contributed by atoms with E-state index in [1.165, 1.54) is 10.7 Å². The van der Waals surface area contributed by atoms with E-state index >= 15 is 0 Å². The first-order chi connectivity index (χ1) is 14.3. The highest BCUT2D eigenvalue weighted by atomic mass is 16.6. The van der Waals surface area contributed by atoms with Gasteiger partial charge in [-0.1, -0.05) is 6.07 Å². The number of hydrogen-bond donors (Lipinski definition) is 1. The summed E-state index contributed by atoms with van der Waals surface area (Å²) in [5.74, 6) is 2.12. The van der Waals surface area contributed by atoms with Gasteiger partial charge < -0.3 is 19.5 Å². The molecule has 9 nitrogen and oxygen atoms in total. The van der Waals surface area contributed by atoms with Crippen LogP contribution in [0.1, 0.15) is 11.6 Å². The maximum absolute atomic E-state index is 12.5. The number of nitrogens with zero attached hydrogens (tertiary/aromatic N) is 4. The Labute approximate surface area is 166 Å². The van der Waals surface area contributed by atoms with Crippen LogP contribution in [0.3, 0.4) is 0 Å². The summed E-state index contributed by atoms with van der Waals surface area (Å²) in [6.45, 7) is 2.69. The van der Waals surface area contributed by atoms with Crippen LogP contribution in [-0.2, 0) is 11.3 Å². The van der Waals surface area contributed by atoms with Crippen molar-refractivity contribution in [3.8, 4) is 17.3 Å². The van der Waals surface area contributed by atoms with Gasteiger partial charge in [0.15, 0.2) is 17.3 Å². The molecule has 4 heterocycles. The molecule has 9 heteroatoms. The fourth-order valence-corrected chi connectivity index (χ4v) is 3.60. The monoisotopic (exact) mass is 395 g/mol. The minimum Gasteiger partial charge on any atom is -0.486 e. The highest BCUT2D eigenvalue weighted by molar-refractivity contribution is 5.43. The van der Waals surface area contributed by atoms with Crippen molar-refractivity contribution in [2.75, 3.05) is 26.4 Å². The molecule has 5 rings (SSSR count). The molecule has 2 unspecified atom stereocenters. The molecule has 2 aromatic heterocycles. The van der Waals surface area contributed by atoms with Crippen LogP contribution in [0.5, 0.6) is 11.5 Å². The van der Waals surface area contributed by atoms with E-state index in [9.17, 15) is 4.79 Å². The van der Waals surface area contributed by atoms with E-state index in [4.69, 9.17) is 14.2 Å². The van der Waals surface area contributed by atoms with Crippen molar-refractivity contribution in [1.29, 1.82) is 0 Å². The van der Waals surface area contributed by atoms with Crippen LogP contribution >= 0.6 is 0 Å². The van der Waals surface area contributed by atoms with Gasteiger partial charge in [0.05, 0.1) is 25.3 Å². The molecule has 0 saturated carbocycles. The SMILES string of the molecule is O=c1ccc(-n2cccn2)nn1C1COCC1NCc1ccc2c(c1)OCCO2. The summed E-state index contributed by atoms with van der Waals surface area (Å²) in [5, 5.41) is 12.2. The van der Waals surface area contributed by atoms with Gasteiger partial charge in [0.1, 0.15) is 13.2 Å². The number of hydrogen-bond acceptors (Lipinski definition) is 7. The van der Waals surface area contributed by atoms with Crippen molar-refractivity contribution < 1.29 is 14.2 Å². The number of benzene rings is 1. The molecule has 0 amide bonds. The van der Waals surface area contributed by atoms with Crippen molar-refractivity contribution in [2.24, 2.45) is 0 Å². The Kier molecular flexibility index (Phi) is 4.74. The maximum Gasteiger partial charge on any atom is 0.267 e. The summed E-state index contributed by atoms with van der Waals surface area (Å²) < 4.78 is 20.0. The number of aromatic nitrogens is 4. The molecule has 2 atom stereocenters. The quantitative estimate of drug-likeness (QED) is 0.687. The van der Waals surface area contributed by atoms with Gasteiger partial charge in [0.25, 0.3) is 5.56 Å². The van der Waals surface area contributed by atoms with E-state index in [0.29, 0.717) is 38.8 Å². The molecule has 1 saturated heterocycles. The van der Waals surface area contributed by atoms with Crippen LogP contribution in [0.15, 0.2) is 53.6 Å². The van der Waals surface area contributed by atoms with Crippen LogP contribution in [0.4, 0.5) is 0 Å². The fourth-order valence-electron chi connectivity index (χ4n) is 3.60. The Balaban J connectivity index is 1.33. The molecule has 2 aliphatic heterocycles. The van der Waals surface area contributed by atoms with Crippen LogP contribution in [0.25, 0.3) is 5.82 Å². The van der Waals surface area contributed by atoms with Gasteiger partial charge in [-0.15, -0.1) is 5.10 Å². The van der Waals surface area contributed by atoms with E-state index in [0.717, 1.165) is 17.1 Å². The minimum atomic E-state index is -0.199. The molecule has 3 aromatic rings. The second-order valence-corrected chi connectivity index (χ2v) is 7.00. The number of fused-ring (bicyclic) bond motifs is 1. The normalized spacial score (nSPS) is 20.7. The molecule has 0 spiro atoms. The average molecular weight is 395 g/mol. The van der Waals surface area contributed by atoms with Crippen LogP contribution in [0.2, 0.25) is 0 Å². The predicted molar refractivity (Wildman–Crippen MR) is 104 cm³/mol. The Morgan fingerprint density at radius 2 is 2.00 bits per heavy atom. The second kappa shape index (κ2) is 7.69. The Hall–Kier alpha value is -3.17. The van der Waals surface area contributed by atoms with Crippen LogP contribution in [0, 0.1) is 0 Å². The van der Waals surface area contributed by atoms with Gasteiger partial charge in [-0.25, -0.2) is 9.36 Å². The molecule has 0 radical (unpaired) electrons. The van der Waals surface area contributed by atoms with Crippen molar-refractivity contribution in [2.45, 2.75) is 18.6 Å². The molecular formula is C20H21N5O4. The van der Waals surface area contributed by atoms with Gasteiger partial charge in [-0.2, -0.15) is 5.10 Å². The zero-order valence-corrected chi connectivity index (χ0v) is 15.7. The first-order valence-corrected chi connectivity index (χ1v) is 9.57. The molecule has 1 fully saturated rings. The second-order valence-electron chi connectivity index (χ2n) is 7.00. The lowest BCUT2D eigenvalue weighted by atomic mass is 10.1. The van der Waals surface area contributed by atoms with E-state index in [2.05, 4.69) is 15.5 Å². The van der Waals surface area contributed by atoms with Crippen LogP contribution < -0.4 is 20.3 Å². The maximum atomic E-state index is 12.5. The first-order valence-electron chi connectivity index (χ1n) is 9.57. The standard InChI is InChI=1S/C20H21N5O4/c26-20-5-4-19(24-7-1-6-22-24)23-25(20)16-13-27-12-15(16)21-11-14-2-3-17-18(10-14)29-9-8-28-17/h1-7,10,15-16,21H,8-9,11-13H2. The fraction of sp³-hybridized carbons (Fsp3) is 0.350. The Bertz CT molecular complexity index is 1050. The third kappa shape index (κ3) is 3.62. The summed E-state index contributed by atoms with van der Waals surface area (Å²) in [4.78, 5) is 12.5. The zero-order chi connectivity index (χ0) is 19.6. The van der Waals surface area contributed by atoms with E-state index in [1.807, 2.05) is 24.3 Å². The number of ether oxygens (including phenoxy) is 3. The first kappa shape index (κ1) is 17.9. The molecule has 1 N–H and O–H groups in total. The van der Waals surface area contributed by atoms with Crippen molar-refractivity contribution in [3.63, 3.8) is 0 Å².